The van der Waals surface area contributed by atoms with Gasteiger partial charge in [-0.05, 0) is 39.8 Å². The zero-order valence-corrected chi connectivity index (χ0v) is 10.1. The van der Waals surface area contributed by atoms with E-state index >= 15 is 0 Å². The molecule has 5 heteroatoms. The van der Waals surface area contributed by atoms with E-state index in [0.717, 1.165) is 15.1 Å². The second-order valence-electron chi connectivity index (χ2n) is 2.82. The second-order valence-corrected chi connectivity index (χ2v) is 4.75. The molecule has 2 N–H and O–H groups in total. The number of nitrogens with two attached hydrogens (primary N) is 1. The Morgan fingerprint density at radius 1 is 1.13 bits per heavy atom. The zero-order valence-electron chi connectivity index (χ0n) is 7.72. The molecule has 0 spiro atoms. The molecule has 0 aliphatic rings. The van der Waals surface area contributed by atoms with Gasteiger partial charge < -0.3 is 5.73 Å². The molecule has 1 aromatic heterocycles. The highest BCUT2D eigenvalue weighted by molar-refractivity contribution is 9.10. The molecule has 2 rings (SSSR count). The molecule has 0 bridgehead atoms. The molecule has 0 fully saturated rings. The van der Waals surface area contributed by atoms with Crippen LogP contribution < -0.4 is 5.73 Å². The standard InChI is InChI=1S/C10H8BrN3S/c11-7-5-13-10(14-6-7)15-9-4-2-1-3-8(9)12/h1-6H,12H2. The summed E-state index contributed by atoms with van der Waals surface area (Å²) in [5.74, 6) is 0. The van der Waals surface area contributed by atoms with Crippen LogP contribution in [0.3, 0.4) is 0 Å². The topological polar surface area (TPSA) is 51.8 Å². The van der Waals surface area contributed by atoms with Crippen molar-refractivity contribution in [3.05, 3.63) is 41.1 Å². The number of benzene rings is 1. The molecule has 0 atom stereocenters. The number of halogens is 1. The van der Waals surface area contributed by atoms with Gasteiger partial charge in [0.2, 0.25) is 0 Å². The van der Waals surface area contributed by atoms with E-state index in [1.165, 1.54) is 11.8 Å². The molecule has 0 aliphatic heterocycles. The van der Waals surface area contributed by atoms with E-state index in [0.29, 0.717) is 5.16 Å². The fraction of sp³-hybridized carbons (Fsp3) is 0. The summed E-state index contributed by atoms with van der Waals surface area (Å²) >= 11 is 4.74. The quantitative estimate of drug-likeness (QED) is 0.679. The van der Waals surface area contributed by atoms with Gasteiger partial charge in [-0.15, -0.1) is 0 Å². The fourth-order valence-electron chi connectivity index (χ4n) is 1.02. The molecule has 0 amide bonds. The fourth-order valence-corrected chi connectivity index (χ4v) is 1.97. The van der Waals surface area contributed by atoms with Crippen molar-refractivity contribution < 1.29 is 0 Å². The number of nitrogens with zero attached hydrogens (tertiary/aromatic N) is 2. The number of anilines is 1. The van der Waals surface area contributed by atoms with Gasteiger partial charge in [-0.2, -0.15) is 0 Å². The molecule has 2 aromatic rings. The first-order valence-electron chi connectivity index (χ1n) is 4.25. The van der Waals surface area contributed by atoms with E-state index in [4.69, 9.17) is 5.73 Å². The smallest absolute Gasteiger partial charge is 0.192 e. The Morgan fingerprint density at radius 2 is 1.80 bits per heavy atom. The van der Waals surface area contributed by atoms with Crippen molar-refractivity contribution in [3.63, 3.8) is 0 Å². The lowest BCUT2D eigenvalue weighted by molar-refractivity contribution is 0.958. The third-order valence-electron chi connectivity index (χ3n) is 1.72. The van der Waals surface area contributed by atoms with Gasteiger partial charge in [-0.1, -0.05) is 12.1 Å². The van der Waals surface area contributed by atoms with Crippen LogP contribution >= 0.6 is 27.7 Å². The molecular formula is C10H8BrN3S. The maximum absolute atomic E-state index is 5.81. The van der Waals surface area contributed by atoms with Crippen molar-refractivity contribution in [1.82, 2.24) is 9.97 Å². The molecular weight excluding hydrogens is 274 g/mol. The van der Waals surface area contributed by atoms with Crippen molar-refractivity contribution in [2.24, 2.45) is 0 Å². The van der Waals surface area contributed by atoms with Crippen LogP contribution in [0.1, 0.15) is 0 Å². The first-order chi connectivity index (χ1) is 7.25. The summed E-state index contributed by atoms with van der Waals surface area (Å²) in [6, 6.07) is 7.66. The molecule has 1 heterocycles. The highest BCUT2D eigenvalue weighted by Gasteiger charge is 2.02. The molecule has 76 valence electrons. The van der Waals surface area contributed by atoms with Crippen molar-refractivity contribution in [1.29, 1.82) is 0 Å². The lowest BCUT2D eigenvalue weighted by Gasteiger charge is -2.02. The van der Waals surface area contributed by atoms with Gasteiger partial charge in [0.1, 0.15) is 0 Å². The van der Waals surface area contributed by atoms with Crippen LogP contribution in [-0.2, 0) is 0 Å². The van der Waals surface area contributed by atoms with Gasteiger partial charge in [0.25, 0.3) is 0 Å². The van der Waals surface area contributed by atoms with Crippen molar-refractivity contribution in [3.8, 4) is 0 Å². The Balaban J connectivity index is 2.22. The molecule has 0 aliphatic carbocycles. The normalized spacial score (nSPS) is 10.2. The van der Waals surface area contributed by atoms with Gasteiger partial charge in [0.15, 0.2) is 5.16 Å². The molecule has 0 unspecified atom stereocenters. The summed E-state index contributed by atoms with van der Waals surface area (Å²) < 4.78 is 0.868. The lowest BCUT2D eigenvalue weighted by atomic mass is 10.3. The highest BCUT2D eigenvalue weighted by Crippen LogP contribution is 2.29. The van der Waals surface area contributed by atoms with Gasteiger partial charge in [0.05, 0.1) is 4.47 Å². The summed E-state index contributed by atoms with van der Waals surface area (Å²) in [7, 11) is 0. The molecule has 0 saturated heterocycles. The van der Waals surface area contributed by atoms with Crippen LogP contribution in [-0.4, -0.2) is 9.97 Å². The number of aromatic nitrogens is 2. The Kier molecular flexibility index (Phi) is 3.23. The van der Waals surface area contributed by atoms with Gasteiger partial charge in [-0.3, -0.25) is 0 Å². The van der Waals surface area contributed by atoms with Gasteiger partial charge >= 0.3 is 0 Å². The third-order valence-corrected chi connectivity index (χ3v) is 3.11. The average Bonchev–Trinajstić information content (AvgIpc) is 2.25. The lowest BCUT2D eigenvalue weighted by Crippen LogP contribution is -1.89. The van der Waals surface area contributed by atoms with E-state index in [2.05, 4.69) is 25.9 Å². The summed E-state index contributed by atoms with van der Waals surface area (Å²) in [6.07, 6.45) is 3.43. The van der Waals surface area contributed by atoms with Crippen molar-refractivity contribution >= 4 is 33.4 Å². The monoisotopic (exact) mass is 281 g/mol. The van der Waals surface area contributed by atoms with Crippen LogP contribution in [0.25, 0.3) is 0 Å². The molecule has 0 saturated carbocycles. The maximum atomic E-state index is 5.81. The molecule has 1 aromatic carbocycles. The van der Waals surface area contributed by atoms with E-state index in [-0.39, 0.29) is 0 Å². The van der Waals surface area contributed by atoms with Gasteiger partial charge in [0, 0.05) is 23.0 Å². The van der Waals surface area contributed by atoms with Crippen LogP contribution in [0, 0.1) is 0 Å². The maximum Gasteiger partial charge on any atom is 0.192 e. The highest BCUT2D eigenvalue weighted by atomic mass is 79.9. The zero-order chi connectivity index (χ0) is 10.7. The minimum absolute atomic E-state index is 0.691. The van der Waals surface area contributed by atoms with Crippen LogP contribution in [0.2, 0.25) is 0 Å². The van der Waals surface area contributed by atoms with E-state index in [1.54, 1.807) is 12.4 Å². The predicted octanol–water partition coefficient (Wildman–Crippen LogP) is 2.97. The number of para-hydroxylation sites is 1. The Morgan fingerprint density at radius 3 is 2.47 bits per heavy atom. The molecule has 0 radical (unpaired) electrons. The van der Waals surface area contributed by atoms with E-state index in [1.807, 2.05) is 24.3 Å². The number of hydrogen-bond donors (Lipinski definition) is 1. The summed E-state index contributed by atoms with van der Waals surface area (Å²) in [5, 5.41) is 0.691. The van der Waals surface area contributed by atoms with Crippen LogP contribution in [0.5, 0.6) is 0 Å². The number of rotatable bonds is 2. The third kappa shape index (κ3) is 2.70. The van der Waals surface area contributed by atoms with Crippen molar-refractivity contribution in [2.45, 2.75) is 10.1 Å². The summed E-state index contributed by atoms with van der Waals surface area (Å²) in [4.78, 5) is 9.30. The van der Waals surface area contributed by atoms with Crippen LogP contribution in [0.4, 0.5) is 5.69 Å². The summed E-state index contributed by atoms with van der Waals surface area (Å²) in [5.41, 5.74) is 6.56. The number of nitrogen functional groups attached to an aromatic ring is 1. The summed E-state index contributed by atoms with van der Waals surface area (Å²) in [6.45, 7) is 0. The Labute approximate surface area is 100 Å². The van der Waals surface area contributed by atoms with Gasteiger partial charge in [-0.25, -0.2) is 9.97 Å². The second kappa shape index (κ2) is 4.63. The Bertz CT molecular complexity index is 458. The largest absolute Gasteiger partial charge is 0.398 e. The van der Waals surface area contributed by atoms with E-state index < -0.39 is 0 Å². The SMILES string of the molecule is Nc1ccccc1Sc1ncc(Br)cn1. The minimum Gasteiger partial charge on any atom is -0.398 e. The average molecular weight is 282 g/mol. The Hall–Kier alpha value is -1.07. The molecule has 15 heavy (non-hydrogen) atoms. The van der Waals surface area contributed by atoms with E-state index in [9.17, 15) is 0 Å². The van der Waals surface area contributed by atoms with Crippen LogP contribution in [0.15, 0.2) is 51.2 Å². The first kappa shape index (κ1) is 10.4. The van der Waals surface area contributed by atoms with Crippen molar-refractivity contribution in [2.75, 3.05) is 5.73 Å². The predicted molar refractivity (Wildman–Crippen MR) is 64.7 cm³/mol. The molecule has 3 nitrogen and oxygen atoms in total. The minimum atomic E-state index is 0.691. The first-order valence-corrected chi connectivity index (χ1v) is 5.86. The number of hydrogen-bond acceptors (Lipinski definition) is 4.